The molecule has 2 aliphatic heterocycles. The minimum Gasteiger partial charge on any atom is -0.496 e. The summed E-state index contributed by atoms with van der Waals surface area (Å²) in [5.41, 5.74) is 0.379. The molecule has 154 valence electrons. The Balaban J connectivity index is 2.11. The maximum absolute atomic E-state index is 14.8. The largest absolute Gasteiger partial charge is 0.574 e. The summed E-state index contributed by atoms with van der Waals surface area (Å²) in [4.78, 5) is 16.3. The number of quaternary nitrogens is 1. The zero-order valence-corrected chi connectivity index (χ0v) is 17.3. The van der Waals surface area contributed by atoms with Crippen LogP contribution in [0.4, 0.5) is 19.1 Å². The maximum atomic E-state index is 14.8. The molecule has 1 aromatic rings. The Morgan fingerprint density at radius 1 is 1.38 bits per heavy atom. The molecule has 3 heterocycles. The van der Waals surface area contributed by atoms with Gasteiger partial charge in [0, 0.05) is 18.4 Å². The van der Waals surface area contributed by atoms with Crippen LogP contribution in [0.15, 0.2) is 52.6 Å². The Bertz CT molecular complexity index is 1030. The Morgan fingerprint density at radius 3 is 2.72 bits per heavy atom. The van der Waals surface area contributed by atoms with E-state index < -0.39 is 16.3 Å². The third-order valence-corrected chi connectivity index (χ3v) is 6.82. The lowest BCUT2D eigenvalue weighted by Gasteiger charge is -2.45. The molecular weight excluding hydrogens is 403 g/mol. The predicted octanol–water partition coefficient (Wildman–Crippen LogP) is 5.13. The van der Waals surface area contributed by atoms with E-state index in [0.29, 0.717) is 22.1 Å². The molecule has 0 fully saturated rings. The molecule has 1 spiro atoms. The number of aromatic nitrogens is 2. The number of methoxy groups -OCH3 is 1. The molecular formula is C20H21F3N3O2S+. The first-order chi connectivity index (χ1) is 13.6. The molecule has 4 rings (SSSR count). The van der Waals surface area contributed by atoms with Crippen molar-refractivity contribution < 1.29 is 22.7 Å². The number of hydrogen-bond donors (Lipinski definition) is 0. The van der Waals surface area contributed by atoms with Gasteiger partial charge in [0.05, 0.1) is 13.3 Å². The zero-order valence-electron chi connectivity index (χ0n) is 16.5. The third-order valence-electron chi connectivity index (χ3n) is 5.81. The van der Waals surface area contributed by atoms with E-state index in [2.05, 4.69) is 4.98 Å². The summed E-state index contributed by atoms with van der Waals surface area (Å²) in [6.07, 6.45) is 2.93. The SMILES string of the molecule is CCC(=O)Sc1cnc2n1C1=C(C)C(OC)=C(C)CC13C=CC=C[N+]23C(F)(F)F. The number of fused-ring (bicyclic) bond motifs is 3. The van der Waals surface area contributed by atoms with Gasteiger partial charge in [0.2, 0.25) is 0 Å². The summed E-state index contributed by atoms with van der Waals surface area (Å²) >= 11 is 0.919. The van der Waals surface area contributed by atoms with Gasteiger partial charge in [-0.15, -0.1) is 17.7 Å². The number of thioether (sulfide) groups is 1. The highest BCUT2D eigenvalue weighted by Crippen LogP contribution is 2.62. The number of ether oxygens (including phenoxy) is 1. The molecule has 0 bridgehead atoms. The van der Waals surface area contributed by atoms with Crippen LogP contribution in [-0.2, 0) is 9.53 Å². The molecule has 5 nitrogen and oxygen atoms in total. The lowest BCUT2D eigenvalue weighted by molar-refractivity contribution is -0.236. The number of rotatable bonds is 3. The van der Waals surface area contributed by atoms with Crippen LogP contribution >= 0.6 is 11.8 Å². The van der Waals surface area contributed by atoms with Gasteiger partial charge in [-0.3, -0.25) is 4.79 Å². The fourth-order valence-corrected chi connectivity index (χ4v) is 5.55. The Labute approximate surface area is 170 Å². The van der Waals surface area contributed by atoms with Crippen molar-refractivity contribution in [2.75, 3.05) is 7.11 Å². The number of carbonyl (C=O) groups is 1. The van der Waals surface area contributed by atoms with E-state index in [1.807, 2.05) is 0 Å². The van der Waals surface area contributed by atoms with E-state index in [9.17, 15) is 18.0 Å². The standard InChI is InChI=1S/C20H21F3N3O2S/c1-5-15(27)29-14-11-24-18-25(14)17-13(3)16(28-4)12(2)10-19(17)8-6-7-9-26(18,19)20(21,22)23/h6-9,11H,5,10H2,1-4H3/q+1. The quantitative estimate of drug-likeness (QED) is 0.383. The summed E-state index contributed by atoms with van der Waals surface area (Å²) in [5, 5.41) is 0.248. The molecule has 1 aliphatic carbocycles. The van der Waals surface area contributed by atoms with Crippen molar-refractivity contribution in [1.29, 1.82) is 0 Å². The van der Waals surface area contributed by atoms with E-state index >= 15 is 0 Å². The molecule has 0 N–H and O–H groups in total. The minimum atomic E-state index is -4.64. The zero-order chi connectivity index (χ0) is 21.2. The van der Waals surface area contributed by atoms with Gasteiger partial charge in [0.1, 0.15) is 22.7 Å². The third kappa shape index (κ3) is 2.34. The Hall–Kier alpha value is -2.26. The maximum Gasteiger partial charge on any atom is 0.574 e. The van der Waals surface area contributed by atoms with Crippen molar-refractivity contribution >= 4 is 28.5 Å². The number of allylic oxidation sites excluding steroid dienone is 3. The van der Waals surface area contributed by atoms with Crippen LogP contribution in [0, 0.1) is 0 Å². The average Bonchev–Trinajstić information content (AvgIpc) is 3.16. The molecule has 0 radical (unpaired) electrons. The Morgan fingerprint density at radius 2 is 2.10 bits per heavy atom. The van der Waals surface area contributed by atoms with Crippen LogP contribution < -0.4 is 4.48 Å². The second-order valence-electron chi connectivity index (χ2n) is 7.34. The van der Waals surface area contributed by atoms with Gasteiger partial charge in [-0.25, -0.2) is 4.57 Å². The van der Waals surface area contributed by atoms with Gasteiger partial charge >= 0.3 is 12.2 Å². The molecule has 2 atom stereocenters. The number of halogens is 3. The summed E-state index contributed by atoms with van der Waals surface area (Å²) in [7, 11) is 1.52. The van der Waals surface area contributed by atoms with Crippen molar-refractivity contribution in [2.45, 2.75) is 50.5 Å². The van der Waals surface area contributed by atoms with Gasteiger partial charge in [-0.05, 0) is 43.3 Å². The predicted molar refractivity (Wildman–Crippen MR) is 105 cm³/mol. The number of nitrogens with zero attached hydrogens (tertiary/aromatic N) is 3. The lowest BCUT2D eigenvalue weighted by Crippen LogP contribution is -2.68. The van der Waals surface area contributed by atoms with E-state index in [-0.39, 0.29) is 23.9 Å². The first kappa shape index (κ1) is 20.0. The van der Waals surface area contributed by atoms with Crippen molar-refractivity contribution in [3.05, 3.63) is 47.5 Å². The van der Waals surface area contributed by atoms with Gasteiger partial charge in [0.15, 0.2) is 10.7 Å². The number of carbonyl (C=O) groups excluding carboxylic acids is 1. The molecule has 1 aromatic heterocycles. The molecule has 0 saturated heterocycles. The van der Waals surface area contributed by atoms with Crippen molar-refractivity contribution in [3.8, 4) is 0 Å². The van der Waals surface area contributed by atoms with Gasteiger partial charge in [0.25, 0.3) is 0 Å². The summed E-state index contributed by atoms with van der Waals surface area (Å²) in [5.74, 6) is 0.414. The van der Waals surface area contributed by atoms with Crippen molar-refractivity contribution in [2.24, 2.45) is 0 Å². The van der Waals surface area contributed by atoms with E-state index in [1.54, 1.807) is 32.9 Å². The first-order valence-electron chi connectivity index (χ1n) is 9.22. The smallest absolute Gasteiger partial charge is 0.496 e. The number of hydrogen-bond acceptors (Lipinski definition) is 4. The Kier molecular flexibility index (Phi) is 4.40. The highest BCUT2D eigenvalue weighted by atomic mass is 32.2. The van der Waals surface area contributed by atoms with Crippen LogP contribution in [0.3, 0.4) is 0 Å². The second kappa shape index (κ2) is 6.37. The van der Waals surface area contributed by atoms with Crippen molar-refractivity contribution in [1.82, 2.24) is 14.0 Å². The highest BCUT2D eigenvalue weighted by molar-refractivity contribution is 8.13. The normalized spacial score (nSPS) is 27.8. The van der Waals surface area contributed by atoms with Gasteiger partial charge < -0.3 is 4.74 Å². The highest BCUT2D eigenvalue weighted by Gasteiger charge is 2.76. The average molecular weight is 424 g/mol. The van der Waals surface area contributed by atoms with Gasteiger partial charge in [-0.1, -0.05) is 13.0 Å². The summed E-state index contributed by atoms with van der Waals surface area (Å²) in [6, 6.07) is 0. The second-order valence-corrected chi connectivity index (χ2v) is 8.42. The fourth-order valence-electron chi connectivity index (χ4n) is 4.80. The van der Waals surface area contributed by atoms with Crippen LogP contribution in [-0.4, -0.2) is 33.6 Å². The summed E-state index contributed by atoms with van der Waals surface area (Å²) in [6.45, 7) is 5.28. The molecule has 29 heavy (non-hydrogen) atoms. The topological polar surface area (TPSA) is 44.1 Å². The number of imidazole rings is 1. The minimum absolute atomic E-state index is 0.123. The van der Waals surface area contributed by atoms with Crippen LogP contribution in [0.25, 0.3) is 5.70 Å². The fraction of sp³-hybridized carbons (Fsp3) is 0.400. The van der Waals surface area contributed by atoms with Crippen molar-refractivity contribution in [3.63, 3.8) is 0 Å². The molecule has 3 aliphatic rings. The summed E-state index contributed by atoms with van der Waals surface area (Å²) < 4.78 is 50.0. The lowest BCUT2D eigenvalue weighted by atomic mass is 9.77. The van der Waals surface area contributed by atoms with E-state index in [0.717, 1.165) is 23.5 Å². The molecule has 9 heteroatoms. The number of alkyl halides is 3. The van der Waals surface area contributed by atoms with E-state index in [1.165, 1.54) is 23.9 Å². The van der Waals surface area contributed by atoms with Crippen LogP contribution in [0.2, 0.25) is 0 Å². The van der Waals surface area contributed by atoms with E-state index in [4.69, 9.17) is 4.74 Å². The molecule has 2 unspecified atom stereocenters. The molecule has 0 saturated carbocycles. The molecule has 0 aromatic carbocycles. The van der Waals surface area contributed by atoms with Gasteiger partial charge in [-0.2, -0.15) is 4.98 Å². The molecule has 0 amide bonds. The first-order valence-corrected chi connectivity index (χ1v) is 10.0. The van der Waals surface area contributed by atoms with Crippen LogP contribution in [0.1, 0.15) is 33.6 Å². The van der Waals surface area contributed by atoms with Crippen LogP contribution in [0.5, 0.6) is 0 Å². The monoisotopic (exact) mass is 424 g/mol.